The molecule has 0 aromatic heterocycles. The second kappa shape index (κ2) is 8.01. The van der Waals surface area contributed by atoms with E-state index < -0.39 is 0 Å². The van der Waals surface area contributed by atoms with E-state index in [1.54, 1.807) is 0 Å². The van der Waals surface area contributed by atoms with Gasteiger partial charge in [0, 0.05) is 37.2 Å². The van der Waals surface area contributed by atoms with Gasteiger partial charge in [0.2, 0.25) is 11.8 Å². The number of likely N-dealkylation sites (tertiary alicyclic amines) is 1. The van der Waals surface area contributed by atoms with Gasteiger partial charge in [0.25, 0.3) is 0 Å². The van der Waals surface area contributed by atoms with Gasteiger partial charge in [0.1, 0.15) is 0 Å². The fourth-order valence-electron chi connectivity index (χ4n) is 4.06. The summed E-state index contributed by atoms with van der Waals surface area (Å²) in [5.74, 6) is 0.199. The number of carbonyl (C=O) groups is 2. The molecule has 2 fully saturated rings. The van der Waals surface area contributed by atoms with Crippen molar-refractivity contribution in [2.24, 2.45) is 10.8 Å². The van der Waals surface area contributed by atoms with Gasteiger partial charge in [-0.3, -0.25) is 9.59 Å². The van der Waals surface area contributed by atoms with E-state index in [2.05, 4.69) is 5.32 Å². The molecule has 3 rings (SSSR count). The predicted octanol–water partition coefficient (Wildman–Crippen LogP) is 3.63. The molecule has 2 aliphatic rings. The molecule has 2 saturated heterocycles. The average Bonchev–Trinajstić information content (AvgIpc) is 2.99. The number of benzene rings is 1. The average molecular weight is 373 g/mol. The second-order valence-corrected chi connectivity index (χ2v) is 9.38. The molecule has 27 heavy (non-hydrogen) atoms. The molecule has 1 aromatic rings. The number of ether oxygens (including phenoxy) is 1. The van der Waals surface area contributed by atoms with Gasteiger partial charge in [-0.25, -0.2) is 0 Å². The van der Waals surface area contributed by atoms with Crippen LogP contribution in [-0.2, 0) is 20.7 Å². The van der Waals surface area contributed by atoms with Crippen LogP contribution in [0.25, 0.3) is 0 Å². The highest BCUT2D eigenvalue weighted by molar-refractivity contribution is 5.91. The molecule has 1 aromatic carbocycles. The Hall–Kier alpha value is -1.88. The summed E-state index contributed by atoms with van der Waals surface area (Å²) >= 11 is 0. The summed E-state index contributed by atoms with van der Waals surface area (Å²) in [6, 6.07) is 7.62. The molecule has 1 unspecified atom stereocenters. The molecule has 5 heteroatoms. The predicted molar refractivity (Wildman–Crippen MR) is 107 cm³/mol. The first-order chi connectivity index (χ1) is 12.7. The molecular formula is C22H32N2O3. The maximum absolute atomic E-state index is 12.7. The molecule has 2 aliphatic heterocycles. The quantitative estimate of drug-likeness (QED) is 0.878. The number of amides is 2. The molecule has 0 saturated carbocycles. The first-order valence-electron chi connectivity index (χ1n) is 9.99. The van der Waals surface area contributed by atoms with Crippen molar-refractivity contribution in [3.05, 3.63) is 29.8 Å². The Labute approximate surface area is 162 Å². The smallest absolute Gasteiger partial charge is 0.227 e. The van der Waals surface area contributed by atoms with Crippen LogP contribution >= 0.6 is 0 Å². The molecule has 0 bridgehead atoms. The van der Waals surface area contributed by atoms with Crippen LogP contribution < -0.4 is 5.32 Å². The molecule has 5 nitrogen and oxygen atoms in total. The SMILES string of the molecule is CC(C)(C)CC(=O)Nc1ccc(CC(=O)N2CCC3(CCCOC3)C2)cc1. The number of rotatable bonds is 4. The van der Waals surface area contributed by atoms with E-state index in [0.717, 1.165) is 50.4 Å². The minimum absolute atomic E-state index is 0.0170. The maximum Gasteiger partial charge on any atom is 0.227 e. The third kappa shape index (κ3) is 5.55. The van der Waals surface area contributed by atoms with E-state index in [1.807, 2.05) is 49.9 Å². The number of carbonyl (C=O) groups excluding carboxylic acids is 2. The van der Waals surface area contributed by atoms with Crippen molar-refractivity contribution in [2.45, 2.75) is 52.9 Å². The molecule has 1 atom stereocenters. The van der Waals surface area contributed by atoms with E-state index in [4.69, 9.17) is 4.74 Å². The Morgan fingerprint density at radius 2 is 1.93 bits per heavy atom. The van der Waals surface area contributed by atoms with Gasteiger partial charge in [0.15, 0.2) is 0 Å². The number of hydrogen-bond acceptors (Lipinski definition) is 3. The Balaban J connectivity index is 1.51. The summed E-state index contributed by atoms with van der Waals surface area (Å²) in [5.41, 5.74) is 1.91. The molecule has 0 aliphatic carbocycles. The Morgan fingerprint density at radius 3 is 2.56 bits per heavy atom. The highest BCUT2D eigenvalue weighted by atomic mass is 16.5. The molecule has 0 radical (unpaired) electrons. The minimum Gasteiger partial charge on any atom is -0.381 e. The zero-order valence-electron chi connectivity index (χ0n) is 16.8. The van der Waals surface area contributed by atoms with Crippen molar-refractivity contribution in [2.75, 3.05) is 31.6 Å². The zero-order chi connectivity index (χ0) is 19.5. The van der Waals surface area contributed by atoms with E-state index in [1.165, 1.54) is 6.42 Å². The maximum atomic E-state index is 12.7. The van der Waals surface area contributed by atoms with E-state index in [0.29, 0.717) is 12.8 Å². The van der Waals surface area contributed by atoms with E-state index in [-0.39, 0.29) is 22.6 Å². The first-order valence-corrected chi connectivity index (χ1v) is 9.99. The molecule has 2 heterocycles. The Kier molecular flexibility index (Phi) is 5.89. The summed E-state index contributed by atoms with van der Waals surface area (Å²) in [6.45, 7) is 9.44. The van der Waals surface area contributed by atoms with Gasteiger partial charge in [-0.15, -0.1) is 0 Å². The van der Waals surface area contributed by atoms with Crippen LogP contribution in [0.2, 0.25) is 0 Å². The van der Waals surface area contributed by atoms with Crippen LogP contribution in [0.5, 0.6) is 0 Å². The Bertz CT molecular complexity index is 670. The number of nitrogens with zero attached hydrogens (tertiary/aromatic N) is 1. The standard InChI is InChI=1S/C22H32N2O3/c1-21(2,3)14-19(25)23-18-7-5-17(6-8-18)13-20(26)24-11-10-22(15-24)9-4-12-27-16-22/h5-8H,4,9-16H2,1-3H3,(H,23,25). The third-order valence-corrected chi connectivity index (χ3v) is 5.48. The largest absolute Gasteiger partial charge is 0.381 e. The lowest BCUT2D eigenvalue weighted by molar-refractivity contribution is -0.130. The van der Waals surface area contributed by atoms with Crippen molar-refractivity contribution in [3.63, 3.8) is 0 Å². The van der Waals surface area contributed by atoms with Crippen molar-refractivity contribution < 1.29 is 14.3 Å². The lowest BCUT2D eigenvalue weighted by Gasteiger charge is -2.33. The van der Waals surface area contributed by atoms with Crippen LogP contribution in [0.15, 0.2) is 24.3 Å². The number of hydrogen-bond donors (Lipinski definition) is 1. The molecule has 1 spiro atoms. The molecular weight excluding hydrogens is 340 g/mol. The lowest BCUT2D eigenvalue weighted by Crippen LogP contribution is -2.37. The van der Waals surface area contributed by atoms with Crippen molar-refractivity contribution in [1.82, 2.24) is 4.90 Å². The highest BCUT2D eigenvalue weighted by Crippen LogP contribution is 2.38. The third-order valence-electron chi connectivity index (χ3n) is 5.48. The van der Waals surface area contributed by atoms with Gasteiger partial charge in [-0.2, -0.15) is 0 Å². The summed E-state index contributed by atoms with van der Waals surface area (Å²) < 4.78 is 5.66. The summed E-state index contributed by atoms with van der Waals surface area (Å²) in [5, 5.41) is 2.92. The van der Waals surface area contributed by atoms with Gasteiger partial charge in [0.05, 0.1) is 13.0 Å². The first kappa shape index (κ1) is 19.9. The van der Waals surface area contributed by atoms with Crippen LogP contribution in [0.3, 0.4) is 0 Å². The Morgan fingerprint density at radius 1 is 1.19 bits per heavy atom. The normalized spacial score (nSPS) is 22.9. The van der Waals surface area contributed by atoms with Crippen LogP contribution in [-0.4, -0.2) is 43.0 Å². The number of nitrogens with one attached hydrogen (secondary N) is 1. The van der Waals surface area contributed by atoms with Gasteiger partial charge in [-0.05, 0) is 42.4 Å². The monoisotopic (exact) mass is 372 g/mol. The fraction of sp³-hybridized carbons (Fsp3) is 0.636. The van der Waals surface area contributed by atoms with Crippen LogP contribution in [0, 0.1) is 10.8 Å². The van der Waals surface area contributed by atoms with Crippen molar-refractivity contribution in [1.29, 1.82) is 0 Å². The fourth-order valence-corrected chi connectivity index (χ4v) is 4.06. The molecule has 1 N–H and O–H groups in total. The van der Waals surface area contributed by atoms with Gasteiger partial charge in [-0.1, -0.05) is 32.9 Å². The van der Waals surface area contributed by atoms with Crippen molar-refractivity contribution >= 4 is 17.5 Å². The van der Waals surface area contributed by atoms with E-state index in [9.17, 15) is 9.59 Å². The zero-order valence-corrected chi connectivity index (χ0v) is 16.8. The van der Waals surface area contributed by atoms with Crippen LogP contribution in [0.4, 0.5) is 5.69 Å². The van der Waals surface area contributed by atoms with Crippen molar-refractivity contribution in [3.8, 4) is 0 Å². The summed E-state index contributed by atoms with van der Waals surface area (Å²) in [7, 11) is 0. The van der Waals surface area contributed by atoms with Gasteiger partial charge < -0.3 is 15.0 Å². The van der Waals surface area contributed by atoms with Gasteiger partial charge >= 0.3 is 0 Å². The molecule has 2 amide bonds. The lowest BCUT2D eigenvalue weighted by atomic mass is 9.82. The minimum atomic E-state index is -0.0348. The topological polar surface area (TPSA) is 58.6 Å². The molecule has 148 valence electrons. The second-order valence-electron chi connectivity index (χ2n) is 9.38. The van der Waals surface area contributed by atoms with Crippen LogP contribution in [0.1, 0.15) is 52.0 Å². The number of anilines is 1. The van der Waals surface area contributed by atoms with E-state index >= 15 is 0 Å². The summed E-state index contributed by atoms with van der Waals surface area (Å²) in [6.07, 6.45) is 4.21. The summed E-state index contributed by atoms with van der Waals surface area (Å²) in [4.78, 5) is 26.7. The highest BCUT2D eigenvalue weighted by Gasteiger charge is 2.41.